The van der Waals surface area contributed by atoms with Crippen molar-refractivity contribution >= 4 is 39.9 Å². The van der Waals surface area contributed by atoms with E-state index in [0.29, 0.717) is 36.6 Å². The highest BCUT2D eigenvalue weighted by atomic mass is 35.5. The molecule has 0 saturated heterocycles. The summed E-state index contributed by atoms with van der Waals surface area (Å²) in [5.74, 6) is -0.00769. The highest BCUT2D eigenvalue weighted by Crippen LogP contribution is 2.30. The van der Waals surface area contributed by atoms with E-state index >= 15 is 0 Å². The summed E-state index contributed by atoms with van der Waals surface area (Å²) in [4.78, 5) is 31.7. The topological polar surface area (TPSA) is 87.1 Å². The second kappa shape index (κ2) is 8.31. The number of aromatic nitrogens is 4. The predicted octanol–water partition coefficient (Wildman–Crippen LogP) is 2.82. The number of benzene rings is 1. The van der Waals surface area contributed by atoms with E-state index in [1.165, 1.54) is 4.90 Å². The van der Waals surface area contributed by atoms with E-state index in [2.05, 4.69) is 21.4 Å². The van der Waals surface area contributed by atoms with E-state index in [1.807, 2.05) is 17.0 Å². The van der Waals surface area contributed by atoms with Crippen molar-refractivity contribution in [2.75, 3.05) is 27.2 Å². The fourth-order valence-electron chi connectivity index (χ4n) is 3.63. The van der Waals surface area contributed by atoms with Gasteiger partial charge in [0.05, 0.1) is 23.3 Å². The van der Waals surface area contributed by atoms with E-state index in [4.69, 9.17) is 11.6 Å². The van der Waals surface area contributed by atoms with Crippen molar-refractivity contribution in [2.24, 2.45) is 0 Å². The first-order valence-electron chi connectivity index (χ1n) is 9.77. The standard InChI is InChI=1S/C21H23ClN6O2/c1-26(2)21(30)16-10-15-12-18(24-20(15)17(22)11-16)14-4-3-7-27(13-14)19(29)5-8-28-9-6-23-25-28/h4,6,9-12,24H,3,5,7-8,13H2,1-2H3. The molecule has 1 aliphatic rings. The molecule has 0 saturated carbocycles. The van der Waals surface area contributed by atoms with E-state index in [9.17, 15) is 9.59 Å². The Morgan fingerprint density at radius 2 is 2.10 bits per heavy atom. The van der Waals surface area contributed by atoms with Crippen LogP contribution in [-0.2, 0) is 11.3 Å². The Bertz CT molecular complexity index is 1120. The first-order valence-corrected chi connectivity index (χ1v) is 10.2. The zero-order chi connectivity index (χ0) is 21.3. The first-order chi connectivity index (χ1) is 14.4. The van der Waals surface area contributed by atoms with Crippen molar-refractivity contribution in [3.63, 3.8) is 0 Å². The van der Waals surface area contributed by atoms with Crippen LogP contribution in [0, 0.1) is 0 Å². The molecule has 8 nitrogen and oxygen atoms in total. The van der Waals surface area contributed by atoms with Gasteiger partial charge in [-0.1, -0.05) is 22.9 Å². The van der Waals surface area contributed by atoms with Crippen molar-refractivity contribution in [1.29, 1.82) is 0 Å². The average Bonchev–Trinajstić information content (AvgIpc) is 3.41. The number of hydrogen-bond acceptors (Lipinski definition) is 4. The molecule has 1 aliphatic heterocycles. The quantitative estimate of drug-likeness (QED) is 0.679. The number of carbonyl (C=O) groups is 2. The summed E-state index contributed by atoms with van der Waals surface area (Å²) in [7, 11) is 3.43. The van der Waals surface area contributed by atoms with Crippen molar-refractivity contribution < 1.29 is 9.59 Å². The molecule has 30 heavy (non-hydrogen) atoms. The second-order valence-electron chi connectivity index (χ2n) is 7.55. The van der Waals surface area contributed by atoms with Crippen molar-refractivity contribution in [1.82, 2.24) is 29.8 Å². The number of aryl methyl sites for hydroxylation is 1. The lowest BCUT2D eigenvalue weighted by Gasteiger charge is -2.27. The Morgan fingerprint density at radius 3 is 2.83 bits per heavy atom. The van der Waals surface area contributed by atoms with E-state index in [0.717, 1.165) is 28.6 Å². The molecule has 156 valence electrons. The maximum atomic E-state index is 12.6. The Labute approximate surface area is 179 Å². The smallest absolute Gasteiger partial charge is 0.253 e. The summed E-state index contributed by atoms with van der Waals surface area (Å²) in [5, 5.41) is 9.03. The van der Waals surface area contributed by atoms with Gasteiger partial charge in [-0.3, -0.25) is 14.3 Å². The highest BCUT2D eigenvalue weighted by Gasteiger charge is 2.21. The summed E-state index contributed by atoms with van der Waals surface area (Å²) < 4.78 is 1.66. The second-order valence-corrected chi connectivity index (χ2v) is 7.96. The Hall–Kier alpha value is -3.13. The van der Waals surface area contributed by atoms with Gasteiger partial charge in [-0.2, -0.15) is 0 Å². The number of aromatic amines is 1. The van der Waals surface area contributed by atoms with Crippen LogP contribution in [0.2, 0.25) is 5.02 Å². The molecule has 1 N–H and O–H groups in total. The lowest BCUT2D eigenvalue weighted by atomic mass is 10.1. The van der Waals surface area contributed by atoms with Crippen LogP contribution in [0.5, 0.6) is 0 Å². The van der Waals surface area contributed by atoms with Crippen molar-refractivity contribution in [3.05, 3.63) is 52.9 Å². The van der Waals surface area contributed by atoms with Gasteiger partial charge in [-0.25, -0.2) is 0 Å². The summed E-state index contributed by atoms with van der Waals surface area (Å²) in [5.41, 5.74) is 3.29. The molecule has 0 fully saturated rings. The molecule has 0 spiro atoms. The molecular formula is C21H23ClN6O2. The molecule has 0 atom stereocenters. The lowest BCUT2D eigenvalue weighted by molar-refractivity contribution is -0.131. The minimum Gasteiger partial charge on any atom is -0.354 e. The van der Waals surface area contributed by atoms with Crippen LogP contribution in [-0.4, -0.2) is 68.8 Å². The zero-order valence-corrected chi connectivity index (χ0v) is 17.7. The van der Waals surface area contributed by atoms with Crippen LogP contribution in [0.1, 0.15) is 28.9 Å². The van der Waals surface area contributed by atoms with Crippen LogP contribution in [0.4, 0.5) is 0 Å². The largest absolute Gasteiger partial charge is 0.354 e. The minimum atomic E-state index is -0.0948. The van der Waals surface area contributed by atoms with Crippen molar-refractivity contribution in [3.8, 4) is 0 Å². The molecule has 1 aromatic carbocycles. The minimum absolute atomic E-state index is 0.0871. The van der Waals surface area contributed by atoms with E-state index in [1.54, 1.807) is 37.2 Å². The van der Waals surface area contributed by atoms with Gasteiger partial charge < -0.3 is 14.8 Å². The normalized spacial score (nSPS) is 14.1. The third kappa shape index (κ3) is 4.09. The Kier molecular flexibility index (Phi) is 5.59. The van der Waals surface area contributed by atoms with Crippen LogP contribution < -0.4 is 0 Å². The number of fused-ring (bicyclic) bond motifs is 1. The molecular weight excluding hydrogens is 404 g/mol. The number of nitrogens with zero attached hydrogens (tertiary/aromatic N) is 5. The SMILES string of the molecule is CN(C)C(=O)c1cc(Cl)c2[nH]c(C3=CCCN(C(=O)CCn4ccnn4)C3)cc2c1. The van der Waals surface area contributed by atoms with E-state index in [-0.39, 0.29) is 11.8 Å². The lowest BCUT2D eigenvalue weighted by Crippen LogP contribution is -2.36. The molecule has 3 aromatic rings. The van der Waals surface area contributed by atoms with Crippen LogP contribution in [0.15, 0.2) is 36.7 Å². The first kappa shape index (κ1) is 20.2. The fraction of sp³-hybridized carbons (Fsp3) is 0.333. The summed E-state index contributed by atoms with van der Waals surface area (Å²) in [6.45, 7) is 1.74. The van der Waals surface area contributed by atoms with Gasteiger partial charge in [0.1, 0.15) is 0 Å². The van der Waals surface area contributed by atoms with Gasteiger partial charge in [0.2, 0.25) is 5.91 Å². The molecule has 0 unspecified atom stereocenters. The number of amides is 2. The molecule has 0 radical (unpaired) electrons. The van der Waals surface area contributed by atoms with Gasteiger partial charge in [-0.05, 0) is 30.2 Å². The van der Waals surface area contributed by atoms with Crippen LogP contribution in [0.3, 0.4) is 0 Å². The molecule has 0 aliphatic carbocycles. The third-order valence-electron chi connectivity index (χ3n) is 5.21. The number of hydrogen-bond donors (Lipinski definition) is 1. The number of H-pyrrole nitrogens is 1. The van der Waals surface area contributed by atoms with Crippen LogP contribution >= 0.6 is 11.6 Å². The van der Waals surface area contributed by atoms with Gasteiger partial charge in [0, 0.05) is 56.4 Å². The van der Waals surface area contributed by atoms with Gasteiger partial charge in [0.25, 0.3) is 5.91 Å². The number of rotatable bonds is 5. The predicted molar refractivity (Wildman–Crippen MR) is 115 cm³/mol. The summed E-state index contributed by atoms with van der Waals surface area (Å²) >= 11 is 6.43. The highest BCUT2D eigenvalue weighted by molar-refractivity contribution is 6.35. The maximum Gasteiger partial charge on any atom is 0.253 e. The van der Waals surface area contributed by atoms with Crippen LogP contribution in [0.25, 0.3) is 16.5 Å². The van der Waals surface area contributed by atoms with Gasteiger partial charge in [0.15, 0.2) is 0 Å². The average molecular weight is 427 g/mol. The summed E-state index contributed by atoms with van der Waals surface area (Å²) in [6, 6.07) is 5.51. The molecule has 9 heteroatoms. The molecule has 4 rings (SSSR count). The number of nitrogens with one attached hydrogen (secondary N) is 1. The Morgan fingerprint density at radius 1 is 1.27 bits per heavy atom. The Balaban J connectivity index is 1.51. The maximum absolute atomic E-state index is 12.6. The molecule has 2 aromatic heterocycles. The van der Waals surface area contributed by atoms with Crippen molar-refractivity contribution in [2.45, 2.75) is 19.4 Å². The fourth-order valence-corrected chi connectivity index (χ4v) is 3.90. The zero-order valence-electron chi connectivity index (χ0n) is 16.9. The van der Waals surface area contributed by atoms with E-state index < -0.39 is 0 Å². The monoisotopic (exact) mass is 426 g/mol. The summed E-state index contributed by atoms with van der Waals surface area (Å²) in [6.07, 6.45) is 6.66. The van der Waals surface area contributed by atoms with Gasteiger partial charge in [-0.15, -0.1) is 5.10 Å². The number of carbonyl (C=O) groups excluding carboxylic acids is 2. The number of halogens is 1. The molecule has 3 heterocycles. The molecule has 2 amide bonds. The third-order valence-corrected chi connectivity index (χ3v) is 5.51. The van der Waals surface area contributed by atoms with Gasteiger partial charge >= 0.3 is 0 Å². The molecule has 0 bridgehead atoms.